The van der Waals surface area contributed by atoms with E-state index in [1.165, 1.54) is 11.3 Å². The van der Waals surface area contributed by atoms with Crippen LogP contribution in [0.4, 0.5) is 5.69 Å². The quantitative estimate of drug-likeness (QED) is 0.805. The Morgan fingerprint density at radius 1 is 1.33 bits per heavy atom. The topological polar surface area (TPSA) is 41.6 Å². The van der Waals surface area contributed by atoms with Gasteiger partial charge in [-0.1, -0.05) is 24.3 Å². The monoisotopic (exact) mass is 201 g/mol. The van der Waals surface area contributed by atoms with E-state index in [1.54, 1.807) is 0 Å². The summed E-state index contributed by atoms with van der Waals surface area (Å²) in [6, 6.07) is 8.39. The molecule has 0 atom stereocenters. The zero-order valence-electron chi connectivity index (χ0n) is 8.63. The van der Waals surface area contributed by atoms with Crippen LogP contribution in [-0.2, 0) is 0 Å². The second-order valence-electron chi connectivity index (χ2n) is 3.44. The molecule has 78 valence electrons. The fourth-order valence-electron chi connectivity index (χ4n) is 1.56. The molecule has 3 heteroatoms. The van der Waals surface area contributed by atoms with E-state index in [9.17, 15) is 0 Å². The van der Waals surface area contributed by atoms with Crippen LogP contribution in [0.3, 0.4) is 0 Å². The molecule has 2 N–H and O–H groups in total. The van der Waals surface area contributed by atoms with E-state index in [0.717, 1.165) is 13.1 Å². The van der Waals surface area contributed by atoms with Crippen LogP contribution in [0.1, 0.15) is 5.56 Å². The van der Waals surface area contributed by atoms with Gasteiger partial charge in [-0.2, -0.15) is 0 Å². The fraction of sp³-hybridized carbons (Fsp3) is 0.250. The maximum atomic E-state index is 5.39. The number of nitrogens with zero attached hydrogens (tertiary/aromatic N) is 2. The molecule has 2 rings (SSSR count). The smallest absolute Gasteiger partial charge is 0.0895 e. The van der Waals surface area contributed by atoms with E-state index in [0.29, 0.717) is 6.54 Å². The summed E-state index contributed by atoms with van der Waals surface area (Å²) in [4.78, 5) is 6.33. The third-order valence-corrected chi connectivity index (χ3v) is 2.36. The summed E-state index contributed by atoms with van der Waals surface area (Å²) < 4.78 is 0. The van der Waals surface area contributed by atoms with Crippen molar-refractivity contribution in [2.45, 2.75) is 0 Å². The zero-order chi connectivity index (χ0) is 10.5. The van der Waals surface area contributed by atoms with Crippen molar-refractivity contribution in [1.82, 2.24) is 0 Å². The molecule has 1 aromatic rings. The van der Waals surface area contributed by atoms with Crippen molar-refractivity contribution in [2.75, 3.05) is 24.5 Å². The minimum atomic E-state index is 0.584. The van der Waals surface area contributed by atoms with Crippen LogP contribution in [0.2, 0.25) is 0 Å². The molecule has 0 unspecified atom stereocenters. The molecule has 0 aliphatic carbocycles. The molecule has 0 saturated carbocycles. The van der Waals surface area contributed by atoms with Crippen molar-refractivity contribution < 1.29 is 0 Å². The number of hydrogen-bond donors (Lipinski definition) is 1. The molecular formula is C12H15N3. The summed E-state index contributed by atoms with van der Waals surface area (Å²) in [6.45, 7) is 2.47. The van der Waals surface area contributed by atoms with Gasteiger partial charge < -0.3 is 10.6 Å². The van der Waals surface area contributed by atoms with Crippen LogP contribution >= 0.6 is 0 Å². The Hall–Kier alpha value is -1.61. The highest BCUT2D eigenvalue weighted by molar-refractivity contribution is 5.81. The van der Waals surface area contributed by atoms with Crippen LogP contribution in [0.5, 0.6) is 0 Å². The van der Waals surface area contributed by atoms with Crippen molar-refractivity contribution in [1.29, 1.82) is 0 Å². The second-order valence-corrected chi connectivity index (χ2v) is 3.44. The van der Waals surface area contributed by atoms with Crippen molar-refractivity contribution in [3.05, 3.63) is 35.9 Å². The fourth-order valence-corrected chi connectivity index (χ4v) is 1.56. The summed E-state index contributed by atoms with van der Waals surface area (Å²) >= 11 is 0. The predicted molar refractivity (Wildman–Crippen MR) is 65.2 cm³/mol. The summed E-state index contributed by atoms with van der Waals surface area (Å²) in [7, 11) is 0. The lowest BCUT2D eigenvalue weighted by Crippen LogP contribution is -2.17. The van der Waals surface area contributed by atoms with Gasteiger partial charge in [0.25, 0.3) is 0 Å². The van der Waals surface area contributed by atoms with Crippen LogP contribution < -0.4 is 10.6 Å². The summed E-state index contributed by atoms with van der Waals surface area (Å²) in [5.41, 5.74) is 7.77. The lowest BCUT2D eigenvalue weighted by molar-refractivity contribution is 1.02. The average molecular weight is 201 g/mol. The number of anilines is 1. The van der Waals surface area contributed by atoms with Crippen LogP contribution in [0.25, 0.3) is 6.08 Å². The van der Waals surface area contributed by atoms with E-state index in [4.69, 9.17) is 5.73 Å². The Kier molecular flexibility index (Phi) is 3.15. The van der Waals surface area contributed by atoms with E-state index in [1.807, 2.05) is 18.5 Å². The Morgan fingerprint density at radius 3 is 2.73 bits per heavy atom. The summed E-state index contributed by atoms with van der Waals surface area (Å²) in [6.07, 6.45) is 5.87. The first-order valence-electron chi connectivity index (χ1n) is 5.13. The Morgan fingerprint density at radius 2 is 2.13 bits per heavy atom. The SMILES string of the molecule is NC/C=C/c1ccc(N2C=NCC2)cc1. The first-order valence-corrected chi connectivity index (χ1v) is 5.13. The van der Waals surface area contributed by atoms with Crippen molar-refractivity contribution in [3.8, 4) is 0 Å². The lowest BCUT2D eigenvalue weighted by atomic mass is 10.2. The average Bonchev–Trinajstić information content (AvgIpc) is 2.80. The number of hydrogen-bond acceptors (Lipinski definition) is 3. The van der Waals surface area contributed by atoms with E-state index in [-0.39, 0.29) is 0 Å². The van der Waals surface area contributed by atoms with Crippen LogP contribution in [-0.4, -0.2) is 26.0 Å². The number of benzene rings is 1. The molecule has 1 aliphatic heterocycles. The first-order chi connectivity index (χ1) is 7.40. The van der Waals surface area contributed by atoms with Gasteiger partial charge in [-0.25, -0.2) is 0 Å². The molecule has 0 saturated heterocycles. The zero-order valence-corrected chi connectivity index (χ0v) is 8.63. The van der Waals surface area contributed by atoms with Gasteiger partial charge in [0.15, 0.2) is 0 Å². The van der Waals surface area contributed by atoms with E-state index in [2.05, 4.69) is 34.2 Å². The van der Waals surface area contributed by atoms with Gasteiger partial charge in [-0.05, 0) is 17.7 Å². The van der Waals surface area contributed by atoms with Gasteiger partial charge >= 0.3 is 0 Å². The number of rotatable bonds is 3. The normalized spacial score (nSPS) is 15.4. The molecule has 0 aromatic heterocycles. The van der Waals surface area contributed by atoms with E-state index < -0.39 is 0 Å². The van der Waals surface area contributed by atoms with Gasteiger partial charge in [0, 0.05) is 18.8 Å². The highest BCUT2D eigenvalue weighted by Crippen LogP contribution is 2.16. The highest BCUT2D eigenvalue weighted by atomic mass is 15.2. The van der Waals surface area contributed by atoms with E-state index >= 15 is 0 Å². The minimum absolute atomic E-state index is 0.584. The highest BCUT2D eigenvalue weighted by Gasteiger charge is 2.06. The first kappa shape index (κ1) is 9.93. The lowest BCUT2D eigenvalue weighted by Gasteiger charge is -2.13. The molecule has 1 aliphatic rings. The minimum Gasteiger partial charge on any atom is -0.331 e. The molecule has 0 spiro atoms. The van der Waals surface area contributed by atoms with Crippen molar-refractivity contribution in [2.24, 2.45) is 10.7 Å². The Balaban J connectivity index is 2.09. The molecule has 0 fully saturated rings. The van der Waals surface area contributed by atoms with Crippen LogP contribution in [0, 0.1) is 0 Å². The molecule has 3 nitrogen and oxygen atoms in total. The summed E-state index contributed by atoms with van der Waals surface area (Å²) in [5, 5.41) is 0. The number of nitrogens with two attached hydrogens (primary N) is 1. The van der Waals surface area contributed by atoms with Crippen LogP contribution in [0.15, 0.2) is 35.3 Å². The molecular weight excluding hydrogens is 186 g/mol. The number of aliphatic imine (C=N–C) groups is 1. The predicted octanol–water partition coefficient (Wildman–Crippen LogP) is 1.51. The maximum absolute atomic E-state index is 5.39. The standard InChI is InChI=1S/C12H15N3/c13-7-1-2-11-3-5-12(6-4-11)15-9-8-14-10-15/h1-6,10H,7-9,13H2/b2-1+. The van der Waals surface area contributed by atoms with Crippen molar-refractivity contribution >= 4 is 18.1 Å². The van der Waals surface area contributed by atoms with Gasteiger partial charge in [0.1, 0.15) is 0 Å². The van der Waals surface area contributed by atoms with Gasteiger partial charge in [0.05, 0.1) is 12.9 Å². The molecule has 15 heavy (non-hydrogen) atoms. The molecule has 0 amide bonds. The van der Waals surface area contributed by atoms with Gasteiger partial charge in [-0.3, -0.25) is 4.99 Å². The van der Waals surface area contributed by atoms with Crippen molar-refractivity contribution in [3.63, 3.8) is 0 Å². The largest absolute Gasteiger partial charge is 0.331 e. The molecule has 1 aromatic carbocycles. The Bertz CT molecular complexity index is 365. The maximum Gasteiger partial charge on any atom is 0.0895 e. The molecule has 0 radical (unpaired) electrons. The van der Waals surface area contributed by atoms with Gasteiger partial charge in [-0.15, -0.1) is 0 Å². The second kappa shape index (κ2) is 4.75. The molecule has 1 heterocycles. The third-order valence-electron chi connectivity index (χ3n) is 2.36. The third kappa shape index (κ3) is 2.44. The Labute approximate surface area is 89.9 Å². The van der Waals surface area contributed by atoms with Gasteiger partial charge in [0.2, 0.25) is 0 Å². The molecule has 0 bridgehead atoms. The summed E-state index contributed by atoms with van der Waals surface area (Å²) in [5.74, 6) is 0.